The molecule has 0 aliphatic carbocycles. The van der Waals surface area contributed by atoms with E-state index in [-0.39, 0.29) is 36.5 Å². The molecule has 0 aromatic heterocycles. The zero-order valence-electron chi connectivity index (χ0n) is 19.7. The lowest BCUT2D eigenvalue weighted by Gasteiger charge is -2.20. The van der Waals surface area contributed by atoms with E-state index in [2.05, 4.69) is 19.7 Å². The summed E-state index contributed by atoms with van der Waals surface area (Å²) in [5.41, 5.74) is -2.92. The van der Waals surface area contributed by atoms with Crippen LogP contribution in [0, 0.1) is 5.41 Å². The summed E-state index contributed by atoms with van der Waals surface area (Å²) < 4.78 is 27.2. The van der Waals surface area contributed by atoms with Gasteiger partial charge >= 0.3 is 34.0 Å². The SMILES string of the molecule is C=C(C)C(=O)O.C=C(C)C(=O)O.C=C(C)C(=O)O.CC(CO)(CO)CO.O=C(O)C(O)S(=O)(=O)O. The molecule has 0 aromatic rings. The van der Waals surface area contributed by atoms with Gasteiger partial charge in [0.2, 0.25) is 0 Å². The maximum atomic E-state index is 9.70. The summed E-state index contributed by atoms with van der Waals surface area (Å²) in [5, 5.41) is 64.8. The largest absolute Gasteiger partial charge is 0.478 e. The van der Waals surface area contributed by atoms with Crippen molar-refractivity contribution < 1.29 is 73.0 Å². The van der Waals surface area contributed by atoms with Gasteiger partial charge in [0, 0.05) is 22.1 Å². The smallest absolute Gasteiger partial charge is 0.351 e. The van der Waals surface area contributed by atoms with Crippen LogP contribution in [0.4, 0.5) is 0 Å². The van der Waals surface area contributed by atoms with E-state index in [0.29, 0.717) is 0 Å². The van der Waals surface area contributed by atoms with E-state index in [4.69, 9.17) is 45.4 Å². The third kappa shape index (κ3) is 33.1. The van der Waals surface area contributed by atoms with Gasteiger partial charge < -0.3 is 40.9 Å². The summed E-state index contributed by atoms with van der Waals surface area (Å²) in [6.45, 7) is 14.9. The molecule has 15 nitrogen and oxygen atoms in total. The number of aliphatic carboxylic acids is 4. The van der Waals surface area contributed by atoms with Gasteiger partial charge in [0.05, 0.1) is 19.8 Å². The Morgan fingerprint density at radius 1 is 0.714 bits per heavy atom. The Balaban J connectivity index is -0.000000108. The molecule has 1 atom stereocenters. The highest BCUT2D eigenvalue weighted by molar-refractivity contribution is 7.87. The van der Waals surface area contributed by atoms with Crippen LogP contribution in [0.25, 0.3) is 0 Å². The highest BCUT2D eigenvalue weighted by Gasteiger charge is 2.27. The molecule has 0 amide bonds. The summed E-state index contributed by atoms with van der Waals surface area (Å²) >= 11 is 0. The van der Waals surface area contributed by atoms with E-state index < -0.39 is 44.8 Å². The zero-order valence-corrected chi connectivity index (χ0v) is 20.5. The number of carboxylic acids is 4. The van der Waals surface area contributed by atoms with Crippen molar-refractivity contribution >= 4 is 34.0 Å². The third-order valence-electron chi connectivity index (χ3n) is 2.73. The minimum atomic E-state index is -4.85. The average molecular weight is 535 g/mol. The molecule has 0 saturated heterocycles. The molecule has 1 unspecified atom stereocenters. The van der Waals surface area contributed by atoms with Crippen LogP contribution in [0.3, 0.4) is 0 Å². The molecule has 0 heterocycles. The van der Waals surface area contributed by atoms with Crippen LogP contribution >= 0.6 is 0 Å². The molecule has 0 bridgehead atoms. The fourth-order valence-electron chi connectivity index (χ4n) is 0.277. The van der Waals surface area contributed by atoms with Crippen molar-refractivity contribution in [1.29, 1.82) is 0 Å². The Labute approximate surface area is 202 Å². The molecule has 0 aromatic carbocycles. The number of carbonyl (C=O) groups is 4. The highest BCUT2D eigenvalue weighted by atomic mass is 32.2. The number of rotatable bonds is 8. The van der Waals surface area contributed by atoms with Gasteiger partial charge in [0.25, 0.3) is 5.44 Å². The molecular formula is C19H34O15S. The molecule has 0 aliphatic heterocycles. The predicted octanol–water partition coefficient (Wildman–Crippen LogP) is -0.812. The summed E-state index contributed by atoms with van der Waals surface area (Å²) in [6, 6.07) is 0. The Morgan fingerprint density at radius 2 is 0.886 bits per heavy atom. The van der Waals surface area contributed by atoms with Crippen LogP contribution in [0.5, 0.6) is 0 Å². The molecule has 0 aliphatic rings. The van der Waals surface area contributed by atoms with E-state index >= 15 is 0 Å². The van der Waals surface area contributed by atoms with Crippen molar-refractivity contribution in [3.8, 4) is 0 Å². The van der Waals surface area contributed by atoms with Crippen molar-refractivity contribution in [3.63, 3.8) is 0 Å². The molecule has 9 N–H and O–H groups in total. The van der Waals surface area contributed by atoms with Gasteiger partial charge in [-0.2, -0.15) is 8.42 Å². The Kier molecular flexibility index (Phi) is 25.7. The number of hydrogen-bond acceptors (Lipinski definition) is 10. The average Bonchev–Trinajstić information content (AvgIpc) is 2.73. The highest BCUT2D eigenvalue weighted by Crippen LogP contribution is 2.10. The van der Waals surface area contributed by atoms with Crippen molar-refractivity contribution in [2.75, 3.05) is 19.8 Å². The lowest BCUT2D eigenvalue weighted by Crippen LogP contribution is -2.29. The van der Waals surface area contributed by atoms with Gasteiger partial charge in [0.1, 0.15) is 0 Å². The molecular weight excluding hydrogens is 500 g/mol. The Morgan fingerprint density at radius 3 is 0.886 bits per heavy atom. The van der Waals surface area contributed by atoms with Crippen LogP contribution in [0.15, 0.2) is 36.5 Å². The van der Waals surface area contributed by atoms with Crippen LogP contribution in [0.2, 0.25) is 0 Å². The Bertz CT molecular complexity index is 722. The number of aliphatic hydroxyl groups excluding tert-OH is 4. The summed E-state index contributed by atoms with van der Waals surface area (Å²) in [7, 11) is -4.85. The van der Waals surface area contributed by atoms with Crippen LogP contribution in [0.1, 0.15) is 27.7 Å². The van der Waals surface area contributed by atoms with E-state index in [1.54, 1.807) is 6.92 Å². The number of carboxylic acid groups (broad SMARTS) is 4. The molecule has 0 radical (unpaired) electrons. The summed E-state index contributed by atoms with van der Waals surface area (Å²) in [5.74, 6) is -4.81. The molecule has 35 heavy (non-hydrogen) atoms. The maximum Gasteiger partial charge on any atom is 0.351 e. The second-order valence-electron chi connectivity index (χ2n) is 6.75. The van der Waals surface area contributed by atoms with E-state index in [1.165, 1.54) is 20.8 Å². The number of hydrogen-bond donors (Lipinski definition) is 9. The molecule has 16 heteroatoms. The van der Waals surface area contributed by atoms with Gasteiger partial charge in [-0.3, -0.25) is 4.55 Å². The van der Waals surface area contributed by atoms with Crippen molar-refractivity contribution in [2.45, 2.75) is 33.1 Å². The molecule has 0 rings (SSSR count). The Hall–Kier alpha value is -3.15. The van der Waals surface area contributed by atoms with E-state index in [1.807, 2.05) is 0 Å². The van der Waals surface area contributed by atoms with E-state index in [9.17, 15) is 27.6 Å². The third-order valence-corrected chi connectivity index (χ3v) is 3.50. The van der Waals surface area contributed by atoms with Crippen LogP contribution in [-0.2, 0) is 29.3 Å². The van der Waals surface area contributed by atoms with E-state index in [0.717, 1.165) is 0 Å². The zero-order chi connectivity index (χ0) is 29.7. The minimum Gasteiger partial charge on any atom is -0.478 e. The molecule has 0 saturated carbocycles. The fraction of sp³-hybridized carbons (Fsp3) is 0.474. The van der Waals surface area contributed by atoms with Crippen molar-refractivity contribution in [3.05, 3.63) is 36.5 Å². The summed E-state index contributed by atoms with van der Waals surface area (Å²) in [4.78, 5) is 38.4. The number of aliphatic hydroxyl groups is 4. The lowest BCUT2D eigenvalue weighted by molar-refractivity contribution is -0.142. The monoisotopic (exact) mass is 534 g/mol. The molecule has 206 valence electrons. The van der Waals surface area contributed by atoms with Gasteiger partial charge in [-0.15, -0.1) is 0 Å². The van der Waals surface area contributed by atoms with Crippen molar-refractivity contribution in [2.24, 2.45) is 5.41 Å². The quantitative estimate of drug-likeness (QED) is 0.136. The van der Waals surface area contributed by atoms with Crippen LogP contribution in [-0.4, -0.2) is 103 Å². The van der Waals surface area contributed by atoms with Gasteiger partial charge in [-0.1, -0.05) is 26.7 Å². The second kappa shape index (κ2) is 21.4. The minimum absolute atomic E-state index is 0.176. The molecule has 0 fully saturated rings. The van der Waals surface area contributed by atoms with Gasteiger partial charge in [-0.25, -0.2) is 19.2 Å². The first kappa shape index (κ1) is 42.0. The molecule has 0 spiro atoms. The van der Waals surface area contributed by atoms with Crippen molar-refractivity contribution in [1.82, 2.24) is 0 Å². The second-order valence-corrected chi connectivity index (χ2v) is 8.22. The first-order valence-electron chi connectivity index (χ1n) is 8.83. The first-order valence-corrected chi connectivity index (χ1v) is 10.3. The fourth-order valence-corrected chi connectivity index (χ4v) is 0.532. The standard InChI is InChI=1S/C5H12O3.3C4H6O2.C2H4O6S/c1-5(2-6,3-7)4-8;3*1-3(2)4(5)6;3-1(4)2(5)9(6,7)8/h6-8H,2-4H2,1H3;3*1H2,2H3,(H,5,6);2,5H,(H,3,4)(H,6,7,8). The normalized spacial score (nSPS) is 10.4. The predicted molar refractivity (Wildman–Crippen MR) is 122 cm³/mol. The maximum absolute atomic E-state index is 9.70. The summed E-state index contributed by atoms with van der Waals surface area (Å²) in [6.07, 6.45) is 0. The van der Waals surface area contributed by atoms with Gasteiger partial charge in [0.15, 0.2) is 0 Å². The topological polar surface area (TPSA) is 284 Å². The van der Waals surface area contributed by atoms with Gasteiger partial charge in [-0.05, 0) is 20.8 Å². The first-order chi connectivity index (χ1) is 15.5. The lowest BCUT2D eigenvalue weighted by atomic mass is 9.95. The van der Waals surface area contributed by atoms with Crippen LogP contribution < -0.4 is 0 Å².